The minimum Gasteiger partial charge on any atom is -0.352 e. The van der Waals surface area contributed by atoms with Crippen molar-refractivity contribution in [2.45, 2.75) is 13.5 Å². The molecule has 4 rings (SSSR count). The van der Waals surface area contributed by atoms with E-state index in [0.717, 1.165) is 5.82 Å². The van der Waals surface area contributed by atoms with Gasteiger partial charge in [-0.2, -0.15) is 14.6 Å². The van der Waals surface area contributed by atoms with Crippen molar-refractivity contribution >= 4 is 11.5 Å². The van der Waals surface area contributed by atoms with Gasteiger partial charge in [0.1, 0.15) is 11.6 Å². The Morgan fingerprint density at radius 3 is 2.80 bits per heavy atom. The topological polar surface area (TPSA) is 72.4 Å². The SMILES string of the molecule is Cc1nc(CN(C)c2cc(-c3ccccc3F)nc3ccnn23)no1. The van der Waals surface area contributed by atoms with E-state index >= 15 is 0 Å². The third kappa shape index (κ3) is 2.82. The van der Waals surface area contributed by atoms with Gasteiger partial charge in [0.2, 0.25) is 5.89 Å². The second kappa shape index (κ2) is 5.97. The van der Waals surface area contributed by atoms with Crippen LogP contribution in [0.4, 0.5) is 10.2 Å². The fourth-order valence-corrected chi connectivity index (χ4v) is 2.67. The number of aromatic nitrogens is 5. The molecule has 0 spiro atoms. The summed E-state index contributed by atoms with van der Waals surface area (Å²) >= 11 is 0. The van der Waals surface area contributed by atoms with Crippen molar-refractivity contribution in [3.05, 3.63) is 60.1 Å². The molecule has 0 aliphatic rings. The lowest BCUT2D eigenvalue weighted by Gasteiger charge is -2.19. The third-order valence-electron chi connectivity index (χ3n) is 3.83. The van der Waals surface area contributed by atoms with Gasteiger partial charge in [-0.15, -0.1) is 0 Å². The van der Waals surface area contributed by atoms with E-state index in [2.05, 4.69) is 20.2 Å². The molecule has 0 N–H and O–H groups in total. The summed E-state index contributed by atoms with van der Waals surface area (Å²) in [6.07, 6.45) is 1.66. The number of nitrogens with zero attached hydrogens (tertiary/aromatic N) is 6. The Kier molecular flexibility index (Phi) is 3.64. The standard InChI is InChI=1S/C17H15FN6O/c1-11-20-15(22-25-11)10-23(2)17-9-14(12-5-3-4-6-13(12)18)21-16-7-8-19-24(16)17/h3-9H,10H2,1-2H3. The van der Waals surface area contributed by atoms with Crippen LogP contribution in [0.25, 0.3) is 16.9 Å². The summed E-state index contributed by atoms with van der Waals surface area (Å²) in [6, 6.07) is 10.1. The van der Waals surface area contributed by atoms with Crippen LogP contribution in [0.2, 0.25) is 0 Å². The smallest absolute Gasteiger partial charge is 0.223 e. The number of fused-ring (bicyclic) bond motifs is 1. The maximum absolute atomic E-state index is 14.2. The van der Waals surface area contributed by atoms with Crippen LogP contribution in [0.3, 0.4) is 0 Å². The molecule has 0 aliphatic carbocycles. The first-order chi connectivity index (χ1) is 12.1. The van der Waals surface area contributed by atoms with E-state index in [-0.39, 0.29) is 5.82 Å². The van der Waals surface area contributed by atoms with Gasteiger partial charge in [-0.3, -0.25) is 0 Å². The van der Waals surface area contributed by atoms with Gasteiger partial charge in [0.05, 0.1) is 18.4 Å². The quantitative estimate of drug-likeness (QED) is 0.570. The summed E-state index contributed by atoms with van der Waals surface area (Å²) in [7, 11) is 1.88. The van der Waals surface area contributed by atoms with Crippen molar-refractivity contribution in [2.24, 2.45) is 0 Å². The first kappa shape index (κ1) is 15.3. The summed E-state index contributed by atoms with van der Waals surface area (Å²) in [4.78, 5) is 10.6. The number of anilines is 1. The van der Waals surface area contributed by atoms with E-state index in [9.17, 15) is 4.39 Å². The van der Waals surface area contributed by atoms with Crippen molar-refractivity contribution < 1.29 is 8.91 Å². The molecule has 0 bridgehead atoms. The summed E-state index contributed by atoms with van der Waals surface area (Å²) < 4.78 is 20.9. The fourth-order valence-electron chi connectivity index (χ4n) is 2.67. The number of halogens is 1. The monoisotopic (exact) mass is 338 g/mol. The number of aryl methyl sites for hydroxylation is 1. The molecular weight excluding hydrogens is 323 g/mol. The number of benzene rings is 1. The third-order valence-corrected chi connectivity index (χ3v) is 3.83. The average molecular weight is 338 g/mol. The highest BCUT2D eigenvalue weighted by atomic mass is 19.1. The lowest BCUT2D eigenvalue weighted by atomic mass is 10.1. The predicted octanol–water partition coefficient (Wildman–Crippen LogP) is 2.86. The fraction of sp³-hybridized carbons (Fsp3) is 0.176. The molecule has 0 saturated heterocycles. The van der Waals surface area contributed by atoms with Crippen LogP contribution in [0.15, 0.2) is 47.1 Å². The van der Waals surface area contributed by atoms with Gasteiger partial charge < -0.3 is 9.42 Å². The lowest BCUT2D eigenvalue weighted by Crippen LogP contribution is -2.21. The minimum absolute atomic E-state index is 0.318. The average Bonchev–Trinajstić information content (AvgIpc) is 3.23. The molecule has 0 aliphatic heterocycles. The van der Waals surface area contributed by atoms with Gasteiger partial charge in [0.15, 0.2) is 11.5 Å². The van der Waals surface area contributed by atoms with Crippen LogP contribution >= 0.6 is 0 Å². The summed E-state index contributed by atoms with van der Waals surface area (Å²) in [5, 5.41) is 8.21. The first-order valence-corrected chi connectivity index (χ1v) is 7.72. The van der Waals surface area contributed by atoms with Crippen LogP contribution in [-0.2, 0) is 6.54 Å². The van der Waals surface area contributed by atoms with Crippen LogP contribution in [0, 0.1) is 12.7 Å². The Balaban J connectivity index is 1.79. The lowest BCUT2D eigenvalue weighted by molar-refractivity contribution is 0.387. The van der Waals surface area contributed by atoms with Gasteiger partial charge in [-0.05, 0) is 12.1 Å². The maximum Gasteiger partial charge on any atom is 0.223 e. The van der Waals surface area contributed by atoms with Gasteiger partial charge >= 0.3 is 0 Å². The Hall–Kier alpha value is -3.29. The zero-order valence-electron chi connectivity index (χ0n) is 13.7. The molecule has 1 aromatic carbocycles. The van der Waals surface area contributed by atoms with Crippen LogP contribution in [-0.4, -0.2) is 31.8 Å². The second-order valence-corrected chi connectivity index (χ2v) is 5.67. The predicted molar refractivity (Wildman–Crippen MR) is 89.5 cm³/mol. The minimum atomic E-state index is -0.318. The molecule has 7 nitrogen and oxygen atoms in total. The maximum atomic E-state index is 14.2. The molecule has 3 aromatic heterocycles. The Morgan fingerprint density at radius 1 is 1.20 bits per heavy atom. The molecule has 0 saturated carbocycles. The van der Waals surface area contributed by atoms with E-state index in [0.29, 0.717) is 35.2 Å². The van der Waals surface area contributed by atoms with Crippen molar-refractivity contribution in [1.29, 1.82) is 0 Å². The van der Waals surface area contributed by atoms with Gasteiger partial charge in [-0.25, -0.2) is 9.37 Å². The molecule has 126 valence electrons. The molecule has 0 atom stereocenters. The molecule has 0 unspecified atom stereocenters. The van der Waals surface area contributed by atoms with Crippen molar-refractivity contribution in [3.63, 3.8) is 0 Å². The molecule has 0 amide bonds. The normalized spacial score (nSPS) is 11.2. The van der Waals surface area contributed by atoms with Crippen LogP contribution < -0.4 is 4.90 Å². The summed E-state index contributed by atoms with van der Waals surface area (Å²) in [5.41, 5.74) is 1.61. The van der Waals surface area contributed by atoms with Crippen LogP contribution in [0.5, 0.6) is 0 Å². The van der Waals surface area contributed by atoms with Crippen molar-refractivity contribution in [2.75, 3.05) is 11.9 Å². The molecule has 0 fully saturated rings. The molecule has 8 heteroatoms. The number of rotatable bonds is 4. The molecule has 25 heavy (non-hydrogen) atoms. The van der Waals surface area contributed by atoms with E-state index in [1.807, 2.05) is 11.9 Å². The number of hydrogen-bond acceptors (Lipinski definition) is 6. The van der Waals surface area contributed by atoms with Gasteiger partial charge in [0, 0.05) is 31.7 Å². The number of hydrogen-bond donors (Lipinski definition) is 0. The van der Waals surface area contributed by atoms with Gasteiger partial charge in [0.25, 0.3) is 0 Å². The Labute approximate surface area is 142 Å². The van der Waals surface area contributed by atoms with E-state index < -0.39 is 0 Å². The molecule has 0 radical (unpaired) electrons. The van der Waals surface area contributed by atoms with Crippen LogP contribution in [0.1, 0.15) is 11.7 Å². The second-order valence-electron chi connectivity index (χ2n) is 5.67. The molecular formula is C17H15FN6O. The van der Waals surface area contributed by atoms with Crippen molar-refractivity contribution in [1.82, 2.24) is 24.7 Å². The van der Waals surface area contributed by atoms with E-state index in [1.165, 1.54) is 6.07 Å². The largest absolute Gasteiger partial charge is 0.352 e. The van der Waals surface area contributed by atoms with Crippen molar-refractivity contribution in [3.8, 4) is 11.3 Å². The molecule has 3 heterocycles. The zero-order valence-corrected chi connectivity index (χ0v) is 13.7. The highest BCUT2D eigenvalue weighted by molar-refractivity contribution is 5.67. The summed E-state index contributed by atoms with van der Waals surface area (Å²) in [5.74, 6) is 1.50. The Morgan fingerprint density at radius 2 is 2.04 bits per heavy atom. The van der Waals surface area contributed by atoms with E-state index in [4.69, 9.17) is 4.52 Å². The highest BCUT2D eigenvalue weighted by Gasteiger charge is 2.15. The first-order valence-electron chi connectivity index (χ1n) is 7.72. The Bertz CT molecular complexity index is 1040. The van der Waals surface area contributed by atoms with E-state index in [1.54, 1.807) is 48.0 Å². The zero-order chi connectivity index (χ0) is 17.4. The summed E-state index contributed by atoms with van der Waals surface area (Å²) in [6.45, 7) is 2.16. The highest BCUT2D eigenvalue weighted by Crippen LogP contribution is 2.26. The molecule has 4 aromatic rings. The van der Waals surface area contributed by atoms with Gasteiger partial charge in [-0.1, -0.05) is 17.3 Å².